The highest BCUT2D eigenvalue weighted by molar-refractivity contribution is 5.78. The molecule has 1 aromatic rings. The van der Waals surface area contributed by atoms with Gasteiger partial charge in [-0.05, 0) is 18.4 Å². The summed E-state index contributed by atoms with van der Waals surface area (Å²) in [5.74, 6) is 0.0375. The van der Waals surface area contributed by atoms with Gasteiger partial charge in [-0.2, -0.15) is 0 Å². The molecule has 138 valence electrons. The Hall–Kier alpha value is -1.43. The number of nitrogens with one attached hydrogen (secondary N) is 1. The largest absolute Gasteiger partial charge is 0.388 e. The fourth-order valence-corrected chi connectivity index (χ4v) is 3.86. The number of hydrogen-bond donors (Lipinski definition) is 2. The first-order chi connectivity index (χ1) is 12.1. The molecular weight excluding hydrogens is 314 g/mol. The molecule has 1 saturated heterocycles. The number of hydrogen-bond acceptors (Lipinski definition) is 4. The van der Waals surface area contributed by atoms with Gasteiger partial charge in [0.1, 0.15) is 0 Å². The van der Waals surface area contributed by atoms with E-state index in [2.05, 4.69) is 39.4 Å². The van der Waals surface area contributed by atoms with Gasteiger partial charge in [0.25, 0.3) is 0 Å². The number of benzene rings is 1. The average Bonchev–Trinajstić information content (AvgIpc) is 2.63. The van der Waals surface area contributed by atoms with Crippen molar-refractivity contribution < 1.29 is 9.90 Å². The molecule has 0 radical (unpaired) electrons. The molecule has 2 fully saturated rings. The zero-order valence-electron chi connectivity index (χ0n) is 15.1. The first kappa shape index (κ1) is 18.4. The minimum atomic E-state index is -0.678. The highest BCUT2D eigenvalue weighted by atomic mass is 16.3. The first-order valence-electron chi connectivity index (χ1n) is 9.61. The molecule has 2 aliphatic rings. The van der Waals surface area contributed by atoms with Gasteiger partial charge in [0.15, 0.2) is 0 Å². The maximum absolute atomic E-state index is 12.2. The van der Waals surface area contributed by atoms with Crippen LogP contribution in [-0.4, -0.2) is 65.7 Å². The zero-order valence-corrected chi connectivity index (χ0v) is 15.1. The minimum absolute atomic E-state index is 0.0375. The van der Waals surface area contributed by atoms with Crippen molar-refractivity contribution in [2.75, 3.05) is 39.3 Å². The molecule has 25 heavy (non-hydrogen) atoms. The van der Waals surface area contributed by atoms with Gasteiger partial charge in [-0.25, -0.2) is 0 Å². The Kier molecular flexibility index (Phi) is 6.45. The van der Waals surface area contributed by atoms with Gasteiger partial charge >= 0.3 is 0 Å². The second kappa shape index (κ2) is 8.79. The lowest BCUT2D eigenvalue weighted by Gasteiger charge is -2.35. The van der Waals surface area contributed by atoms with E-state index in [0.29, 0.717) is 13.1 Å². The van der Waals surface area contributed by atoms with E-state index in [1.807, 2.05) is 6.07 Å². The number of piperazine rings is 1. The third-order valence-electron chi connectivity index (χ3n) is 5.48. The van der Waals surface area contributed by atoms with Crippen LogP contribution in [0.2, 0.25) is 0 Å². The molecule has 5 heteroatoms. The Labute approximate surface area is 151 Å². The summed E-state index contributed by atoms with van der Waals surface area (Å²) >= 11 is 0. The van der Waals surface area contributed by atoms with Crippen molar-refractivity contribution in [2.24, 2.45) is 0 Å². The lowest BCUT2D eigenvalue weighted by Crippen LogP contribution is -2.51. The number of aliphatic hydroxyl groups is 1. The van der Waals surface area contributed by atoms with Gasteiger partial charge in [-0.1, -0.05) is 49.6 Å². The van der Waals surface area contributed by atoms with E-state index in [9.17, 15) is 9.90 Å². The van der Waals surface area contributed by atoms with Crippen LogP contribution in [0.3, 0.4) is 0 Å². The second-order valence-corrected chi connectivity index (χ2v) is 7.60. The Morgan fingerprint density at radius 3 is 2.32 bits per heavy atom. The molecule has 1 aromatic carbocycles. The van der Waals surface area contributed by atoms with Crippen LogP contribution in [0.15, 0.2) is 30.3 Å². The van der Waals surface area contributed by atoms with Gasteiger partial charge in [-0.3, -0.25) is 14.6 Å². The van der Waals surface area contributed by atoms with Crippen LogP contribution in [-0.2, 0) is 11.3 Å². The van der Waals surface area contributed by atoms with E-state index in [-0.39, 0.29) is 5.91 Å². The van der Waals surface area contributed by atoms with Crippen molar-refractivity contribution in [3.63, 3.8) is 0 Å². The van der Waals surface area contributed by atoms with E-state index in [4.69, 9.17) is 0 Å². The van der Waals surface area contributed by atoms with Gasteiger partial charge in [0.2, 0.25) is 5.91 Å². The molecule has 1 aliphatic carbocycles. The molecule has 1 heterocycles. The molecule has 0 bridgehead atoms. The lowest BCUT2D eigenvalue weighted by atomic mass is 9.85. The topological polar surface area (TPSA) is 55.8 Å². The fourth-order valence-electron chi connectivity index (χ4n) is 3.86. The molecule has 2 N–H and O–H groups in total. The molecule has 1 saturated carbocycles. The van der Waals surface area contributed by atoms with Crippen molar-refractivity contribution in [1.29, 1.82) is 0 Å². The van der Waals surface area contributed by atoms with Crippen LogP contribution in [0.5, 0.6) is 0 Å². The van der Waals surface area contributed by atoms with Crippen LogP contribution >= 0.6 is 0 Å². The molecule has 0 aromatic heterocycles. The number of carbonyl (C=O) groups is 1. The highest BCUT2D eigenvalue weighted by Crippen LogP contribution is 2.27. The Morgan fingerprint density at radius 2 is 1.64 bits per heavy atom. The SMILES string of the molecule is O=C(CN1CCN(Cc2ccccc2)CC1)NCC1(O)CCCCC1. The maximum atomic E-state index is 12.2. The molecule has 1 aliphatic heterocycles. The predicted molar refractivity (Wildman–Crippen MR) is 99.2 cm³/mol. The number of nitrogens with zero attached hydrogens (tertiary/aromatic N) is 2. The maximum Gasteiger partial charge on any atom is 0.234 e. The standard InChI is InChI=1S/C20H31N3O2/c24-19(21-17-20(25)9-5-2-6-10-20)16-23-13-11-22(12-14-23)15-18-7-3-1-4-8-18/h1,3-4,7-8,25H,2,5-6,9-17H2,(H,21,24). The van der Waals surface area contributed by atoms with Crippen molar-refractivity contribution in [1.82, 2.24) is 15.1 Å². The van der Waals surface area contributed by atoms with E-state index in [1.165, 1.54) is 12.0 Å². The van der Waals surface area contributed by atoms with E-state index < -0.39 is 5.60 Å². The molecule has 1 amide bonds. The van der Waals surface area contributed by atoms with Gasteiger partial charge in [0.05, 0.1) is 12.1 Å². The van der Waals surface area contributed by atoms with Crippen LogP contribution in [0.4, 0.5) is 0 Å². The van der Waals surface area contributed by atoms with E-state index in [0.717, 1.165) is 58.4 Å². The molecule has 3 rings (SSSR count). The number of amides is 1. The number of carbonyl (C=O) groups excluding carboxylic acids is 1. The van der Waals surface area contributed by atoms with Crippen molar-refractivity contribution in [3.05, 3.63) is 35.9 Å². The van der Waals surface area contributed by atoms with E-state index in [1.54, 1.807) is 0 Å². The summed E-state index contributed by atoms with van der Waals surface area (Å²) in [5, 5.41) is 13.4. The van der Waals surface area contributed by atoms with Crippen LogP contribution < -0.4 is 5.32 Å². The van der Waals surface area contributed by atoms with Gasteiger partial charge in [0, 0.05) is 39.3 Å². The zero-order chi connectivity index (χ0) is 17.5. The lowest BCUT2D eigenvalue weighted by molar-refractivity contribution is -0.124. The second-order valence-electron chi connectivity index (χ2n) is 7.60. The highest BCUT2D eigenvalue weighted by Gasteiger charge is 2.29. The molecular formula is C20H31N3O2. The summed E-state index contributed by atoms with van der Waals surface area (Å²) in [7, 11) is 0. The average molecular weight is 345 g/mol. The molecule has 0 spiro atoms. The monoisotopic (exact) mass is 345 g/mol. The third-order valence-corrected chi connectivity index (χ3v) is 5.48. The van der Waals surface area contributed by atoms with Crippen molar-refractivity contribution >= 4 is 5.91 Å². The third kappa shape index (κ3) is 5.80. The Morgan fingerprint density at radius 1 is 1.00 bits per heavy atom. The summed E-state index contributed by atoms with van der Waals surface area (Å²) in [6.07, 6.45) is 4.95. The van der Waals surface area contributed by atoms with Crippen LogP contribution in [0.25, 0.3) is 0 Å². The van der Waals surface area contributed by atoms with Crippen molar-refractivity contribution in [3.8, 4) is 0 Å². The van der Waals surface area contributed by atoms with Gasteiger partial charge in [-0.15, -0.1) is 0 Å². The Balaban J connectivity index is 1.35. The minimum Gasteiger partial charge on any atom is -0.388 e. The fraction of sp³-hybridized carbons (Fsp3) is 0.650. The quantitative estimate of drug-likeness (QED) is 0.823. The number of rotatable bonds is 6. The summed E-state index contributed by atoms with van der Waals surface area (Å²) in [6.45, 7) is 5.65. The Bertz CT molecular complexity index is 535. The van der Waals surface area contributed by atoms with Crippen molar-refractivity contribution in [2.45, 2.75) is 44.2 Å². The molecule has 0 unspecified atom stereocenters. The molecule has 5 nitrogen and oxygen atoms in total. The summed E-state index contributed by atoms with van der Waals surface area (Å²) in [4.78, 5) is 16.8. The first-order valence-corrected chi connectivity index (χ1v) is 9.61. The van der Waals surface area contributed by atoms with Crippen LogP contribution in [0.1, 0.15) is 37.7 Å². The van der Waals surface area contributed by atoms with Gasteiger partial charge < -0.3 is 10.4 Å². The van der Waals surface area contributed by atoms with Crippen LogP contribution in [0, 0.1) is 0 Å². The normalized spacial score (nSPS) is 21.8. The predicted octanol–water partition coefficient (Wildman–Crippen LogP) is 1.62. The summed E-state index contributed by atoms with van der Waals surface area (Å²) < 4.78 is 0. The smallest absolute Gasteiger partial charge is 0.234 e. The summed E-state index contributed by atoms with van der Waals surface area (Å²) in [6, 6.07) is 10.5. The molecule has 0 atom stereocenters. The summed E-state index contributed by atoms with van der Waals surface area (Å²) in [5.41, 5.74) is 0.664. The van der Waals surface area contributed by atoms with E-state index >= 15 is 0 Å².